The zero-order valence-corrected chi connectivity index (χ0v) is 23.0. The molecule has 38 heavy (non-hydrogen) atoms. The molecule has 0 unspecified atom stereocenters. The van der Waals surface area contributed by atoms with E-state index in [0.717, 1.165) is 55.6 Å². The quantitative estimate of drug-likeness (QED) is 0.370. The topological polar surface area (TPSA) is 77.5 Å². The van der Waals surface area contributed by atoms with Gasteiger partial charge in [-0.1, -0.05) is 44.9 Å². The smallest absolute Gasteiger partial charge is 0.311 e. The molecule has 206 valence electrons. The number of unbranched alkanes of at least 4 members (excludes halogenated alkanes) is 2. The van der Waals surface area contributed by atoms with E-state index in [-0.39, 0.29) is 37.2 Å². The van der Waals surface area contributed by atoms with Crippen LogP contribution in [0.2, 0.25) is 0 Å². The summed E-state index contributed by atoms with van der Waals surface area (Å²) < 4.78 is 21.8. The van der Waals surface area contributed by atoms with E-state index in [2.05, 4.69) is 18.7 Å². The van der Waals surface area contributed by atoms with Gasteiger partial charge in [-0.25, -0.2) is 0 Å². The van der Waals surface area contributed by atoms with Crippen LogP contribution in [-0.2, 0) is 14.3 Å². The number of benzene rings is 2. The Bertz CT molecular complexity index is 1080. The number of esters is 1. The molecule has 2 aliphatic heterocycles. The van der Waals surface area contributed by atoms with Gasteiger partial charge in [-0.05, 0) is 48.2 Å². The Morgan fingerprint density at radius 3 is 2.24 bits per heavy atom. The Morgan fingerprint density at radius 1 is 0.947 bits per heavy atom. The van der Waals surface area contributed by atoms with Crippen LogP contribution in [-0.4, -0.2) is 68.9 Å². The number of hydrogen-bond acceptors (Lipinski definition) is 7. The lowest BCUT2D eigenvalue weighted by atomic mass is 9.82. The normalized spacial score (nSPS) is 20.4. The van der Waals surface area contributed by atoms with E-state index < -0.39 is 5.92 Å². The summed E-state index contributed by atoms with van der Waals surface area (Å²) in [4.78, 5) is 31.1. The Labute approximate surface area is 225 Å². The lowest BCUT2D eigenvalue weighted by molar-refractivity contribution is -0.147. The third-order valence-electron chi connectivity index (χ3n) is 7.61. The van der Waals surface area contributed by atoms with Crippen molar-refractivity contribution >= 4 is 11.9 Å². The largest absolute Gasteiger partial charge is 0.497 e. The van der Waals surface area contributed by atoms with Crippen molar-refractivity contribution in [1.82, 2.24) is 9.80 Å². The van der Waals surface area contributed by atoms with Crippen LogP contribution in [0, 0.1) is 5.92 Å². The lowest BCUT2D eigenvalue weighted by Crippen LogP contribution is -2.42. The summed E-state index contributed by atoms with van der Waals surface area (Å²) in [6, 6.07) is 13.2. The first-order chi connectivity index (χ1) is 18.5. The van der Waals surface area contributed by atoms with Crippen molar-refractivity contribution in [2.24, 2.45) is 5.92 Å². The average Bonchev–Trinajstić information content (AvgIpc) is 3.57. The van der Waals surface area contributed by atoms with E-state index >= 15 is 0 Å². The minimum absolute atomic E-state index is 0.0976. The fourth-order valence-electron chi connectivity index (χ4n) is 5.53. The highest BCUT2D eigenvalue weighted by atomic mass is 16.7. The van der Waals surface area contributed by atoms with Crippen molar-refractivity contribution in [3.8, 4) is 17.2 Å². The second kappa shape index (κ2) is 13.0. The van der Waals surface area contributed by atoms with Crippen molar-refractivity contribution in [3.05, 3.63) is 53.6 Å². The molecule has 1 saturated heterocycles. The van der Waals surface area contributed by atoms with E-state index in [0.29, 0.717) is 18.0 Å². The van der Waals surface area contributed by atoms with Crippen molar-refractivity contribution in [2.45, 2.75) is 51.5 Å². The zero-order valence-electron chi connectivity index (χ0n) is 23.0. The third kappa shape index (κ3) is 6.07. The van der Waals surface area contributed by atoms with Crippen LogP contribution in [0.1, 0.15) is 62.6 Å². The monoisotopic (exact) mass is 524 g/mol. The predicted molar refractivity (Wildman–Crippen MR) is 145 cm³/mol. The van der Waals surface area contributed by atoms with Gasteiger partial charge in [-0.2, -0.15) is 0 Å². The summed E-state index contributed by atoms with van der Waals surface area (Å²) in [5.74, 6) is 1.23. The van der Waals surface area contributed by atoms with Crippen LogP contribution in [0.5, 0.6) is 17.2 Å². The number of methoxy groups -OCH3 is 2. The minimum atomic E-state index is -0.499. The Morgan fingerprint density at radius 2 is 1.61 bits per heavy atom. The molecule has 8 heteroatoms. The highest BCUT2D eigenvalue weighted by Crippen LogP contribution is 2.48. The van der Waals surface area contributed by atoms with E-state index in [1.54, 1.807) is 7.11 Å². The van der Waals surface area contributed by atoms with Gasteiger partial charge in [0.1, 0.15) is 5.75 Å². The van der Waals surface area contributed by atoms with Gasteiger partial charge in [0, 0.05) is 31.6 Å². The van der Waals surface area contributed by atoms with Crippen LogP contribution < -0.4 is 14.2 Å². The molecule has 0 aliphatic carbocycles. The van der Waals surface area contributed by atoms with Gasteiger partial charge in [-0.3, -0.25) is 14.5 Å². The second-order valence-corrected chi connectivity index (χ2v) is 10.0. The fourth-order valence-corrected chi connectivity index (χ4v) is 5.53. The maximum Gasteiger partial charge on any atom is 0.311 e. The average molecular weight is 525 g/mol. The molecule has 2 aromatic rings. The molecule has 1 amide bonds. The Balaban J connectivity index is 1.69. The van der Waals surface area contributed by atoms with E-state index in [4.69, 9.17) is 18.9 Å². The summed E-state index contributed by atoms with van der Waals surface area (Å²) in [6.45, 7) is 6.74. The molecule has 0 spiro atoms. The molecular weight excluding hydrogens is 484 g/mol. The Kier molecular flexibility index (Phi) is 9.50. The number of amides is 1. The standard InChI is InChI=1S/C30H40N2O6/c1-5-7-15-31(16-8-6-2)27(33)19-32-18-24(22-11-14-25-26(17-22)38-20-37-25)28(30(34)36-4)29(32)21-9-12-23(35-3)13-10-21/h9-14,17,24,28-29H,5-8,15-16,18-20H2,1-4H3/t24-,28-,29+/m0/s1. The molecule has 3 atom stereocenters. The molecule has 2 aliphatic rings. The van der Waals surface area contributed by atoms with Gasteiger partial charge in [-0.15, -0.1) is 0 Å². The van der Waals surface area contributed by atoms with Crippen LogP contribution in [0.3, 0.4) is 0 Å². The number of fused-ring (bicyclic) bond motifs is 1. The number of rotatable bonds is 12. The number of ether oxygens (including phenoxy) is 4. The van der Waals surface area contributed by atoms with Crippen LogP contribution >= 0.6 is 0 Å². The summed E-state index contributed by atoms with van der Waals surface area (Å²) >= 11 is 0. The molecular formula is C30H40N2O6. The molecule has 0 aromatic heterocycles. The summed E-state index contributed by atoms with van der Waals surface area (Å²) in [5, 5.41) is 0. The summed E-state index contributed by atoms with van der Waals surface area (Å²) in [6.07, 6.45) is 4.01. The van der Waals surface area contributed by atoms with E-state index in [1.807, 2.05) is 47.4 Å². The molecule has 8 nitrogen and oxygen atoms in total. The number of nitrogens with zero attached hydrogens (tertiary/aromatic N) is 2. The van der Waals surface area contributed by atoms with Gasteiger partial charge < -0.3 is 23.8 Å². The summed E-state index contributed by atoms with van der Waals surface area (Å²) in [5.41, 5.74) is 1.91. The fraction of sp³-hybridized carbons (Fsp3) is 0.533. The molecule has 1 fully saturated rings. The maximum absolute atomic E-state index is 13.6. The van der Waals surface area contributed by atoms with Gasteiger partial charge in [0.05, 0.1) is 26.7 Å². The van der Waals surface area contributed by atoms with Crippen molar-refractivity contribution in [1.29, 1.82) is 0 Å². The summed E-state index contributed by atoms with van der Waals surface area (Å²) in [7, 11) is 3.05. The highest BCUT2D eigenvalue weighted by molar-refractivity contribution is 5.79. The first kappa shape index (κ1) is 27.8. The second-order valence-electron chi connectivity index (χ2n) is 10.0. The maximum atomic E-state index is 13.6. The predicted octanol–water partition coefficient (Wildman–Crippen LogP) is 4.78. The van der Waals surface area contributed by atoms with Crippen LogP contribution in [0.15, 0.2) is 42.5 Å². The van der Waals surface area contributed by atoms with Crippen LogP contribution in [0.25, 0.3) is 0 Å². The van der Waals surface area contributed by atoms with Crippen molar-refractivity contribution in [2.75, 3.05) is 47.2 Å². The van der Waals surface area contributed by atoms with E-state index in [1.165, 1.54) is 7.11 Å². The molecule has 2 heterocycles. The SMILES string of the molecule is CCCCN(CCCC)C(=O)CN1C[C@@H](c2ccc3c(c2)OCO3)[C@H](C(=O)OC)[C@H]1c1ccc(OC)cc1. The van der Waals surface area contributed by atoms with E-state index in [9.17, 15) is 9.59 Å². The van der Waals surface area contributed by atoms with Gasteiger partial charge in [0.2, 0.25) is 12.7 Å². The number of carbonyl (C=O) groups excluding carboxylic acids is 2. The highest BCUT2D eigenvalue weighted by Gasteiger charge is 2.48. The van der Waals surface area contributed by atoms with Crippen LogP contribution in [0.4, 0.5) is 0 Å². The van der Waals surface area contributed by atoms with Gasteiger partial charge >= 0.3 is 5.97 Å². The minimum Gasteiger partial charge on any atom is -0.497 e. The van der Waals surface area contributed by atoms with Crippen molar-refractivity contribution in [3.63, 3.8) is 0 Å². The number of carbonyl (C=O) groups is 2. The van der Waals surface area contributed by atoms with Gasteiger partial charge in [0.15, 0.2) is 11.5 Å². The molecule has 4 rings (SSSR count). The third-order valence-corrected chi connectivity index (χ3v) is 7.61. The number of likely N-dealkylation sites (tertiary alicyclic amines) is 1. The Hall–Kier alpha value is -3.26. The zero-order chi connectivity index (χ0) is 27.1. The number of hydrogen-bond donors (Lipinski definition) is 0. The molecule has 0 saturated carbocycles. The first-order valence-electron chi connectivity index (χ1n) is 13.6. The molecule has 0 bridgehead atoms. The first-order valence-corrected chi connectivity index (χ1v) is 13.6. The molecule has 0 N–H and O–H groups in total. The molecule has 2 aromatic carbocycles. The van der Waals surface area contributed by atoms with Gasteiger partial charge in [0.25, 0.3) is 0 Å². The molecule has 0 radical (unpaired) electrons. The lowest BCUT2D eigenvalue weighted by Gasteiger charge is -2.30. The van der Waals surface area contributed by atoms with Crippen molar-refractivity contribution < 1.29 is 28.5 Å².